The molecule has 0 aliphatic heterocycles. The molecule has 0 aliphatic rings. The summed E-state index contributed by atoms with van der Waals surface area (Å²) in [6.07, 6.45) is 2.87. The van der Waals surface area contributed by atoms with Crippen molar-refractivity contribution >= 4 is 0 Å². The molecule has 1 aromatic carbocycles. The van der Waals surface area contributed by atoms with Crippen molar-refractivity contribution in [3.8, 4) is 11.8 Å². The SMILES string of the molecule is NCC#Cc1cc(F)ccc1Cn1cnccc1=O. The minimum Gasteiger partial charge on any atom is -0.320 e. The smallest absolute Gasteiger partial charge is 0.253 e. The van der Waals surface area contributed by atoms with Gasteiger partial charge in [-0.15, -0.1) is 0 Å². The topological polar surface area (TPSA) is 60.9 Å². The minimum atomic E-state index is -0.372. The molecular formula is C14H12FN3O. The third kappa shape index (κ3) is 3.27. The number of hydrogen-bond donors (Lipinski definition) is 1. The molecule has 4 nitrogen and oxygen atoms in total. The van der Waals surface area contributed by atoms with Crippen LogP contribution in [0.4, 0.5) is 4.39 Å². The lowest BCUT2D eigenvalue weighted by Gasteiger charge is -2.07. The second-order valence-electron chi connectivity index (χ2n) is 3.85. The van der Waals surface area contributed by atoms with Gasteiger partial charge in [-0.05, 0) is 17.7 Å². The van der Waals surface area contributed by atoms with E-state index in [-0.39, 0.29) is 17.9 Å². The molecule has 0 bridgehead atoms. The molecule has 0 spiro atoms. The third-order valence-corrected chi connectivity index (χ3v) is 2.53. The molecule has 0 amide bonds. The van der Waals surface area contributed by atoms with Gasteiger partial charge in [0.05, 0.1) is 19.4 Å². The predicted molar refractivity (Wildman–Crippen MR) is 69.9 cm³/mol. The van der Waals surface area contributed by atoms with E-state index in [1.807, 2.05) is 0 Å². The van der Waals surface area contributed by atoms with Gasteiger partial charge >= 0.3 is 0 Å². The molecule has 1 heterocycles. The molecule has 0 saturated heterocycles. The number of hydrogen-bond acceptors (Lipinski definition) is 3. The molecule has 0 fully saturated rings. The van der Waals surface area contributed by atoms with Gasteiger partial charge in [0.25, 0.3) is 5.56 Å². The zero-order valence-electron chi connectivity index (χ0n) is 10.1. The summed E-state index contributed by atoms with van der Waals surface area (Å²) in [6.45, 7) is 0.490. The number of benzene rings is 1. The Bertz CT molecular complexity index is 698. The van der Waals surface area contributed by atoms with Crippen molar-refractivity contribution in [2.45, 2.75) is 6.54 Å². The summed E-state index contributed by atoms with van der Waals surface area (Å²) in [5, 5.41) is 0. The lowest BCUT2D eigenvalue weighted by Crippen LogP contribution is -2.19. The fourth-order valence-corrected chi connectivity index (χ4v) is 1.63. The Labute approximate surface area is 109 Å². The van der Waals surface area contributed by atoms with Crippen molar-refractivity contribution in [3.05, 3.63) is 64.1 Å². The van der Waals surface area contributed by atoms with Crippen molar-refractivity contribution in [2.75, 3.05) is 6.54 Å². The largest absolute Gasteiger partial charge is 0.320 e. The number of aromatic nitrogens is 2. The first-order chi connectivity index (χ1) is 9.20. The van der Waals surface area contributed by atoms with Crippen LogP contribution in [-0.2, 0) is 6.54 Å². The van der Waals surface area contributed by atoms with Crippen molar-refractivity contribution in [1.82, 2.24) is 9.55 Å². The predicted octanol–water partition coefficient (Wildman–Crippen LogP) is 0.741. The van der Waals surface area contributed by atoms with Crippen LogP contribution in [0.25, 0.3) is 0 Å². The van der Waals surface area contributed by atoms with E-state index in [0.717, 1.165) is 5.56 Å². The average Bonchev–Trinajstić information content (AvgIpc) is 2.41. The van der Waals surface area contributed by atoms with Crippen LogP contribution in [0.3, 0.4) is 0 Å². The highest BCUT2D eigenvalue weighted by Crippen LogP contribution is 2.11. The maximum absolute atomic E-state index is 13.2. The summed E-state index contributed by atoms with van der Waals surface area (Å²) in [5.74, 6) is 5.11. The summed E-state index contributed by atoms with van der Waals surface area (Å²) >= 11 is 0. The van der Waals surface area contributed by atoms with E-state index in [1.165, 1.54) is 35.3 Å². The molecule has 0 atom stereocenters. The van der Waals surface area contributed by atoms with E-state index in [1.54, 1.807) is 6.07 Å². The highest BCUT2D eigenvalue weighted by atomic mass is 19.1. The Hall–Kier alpha value is -2.45. The Morgan fingerprint density at radius 1 is 1.37 bits per heavy atom. The molecule has 1 aromatic heterocycles. The molecule has 0 radical (unpaired) electrons. The van der Waals surface area contributed by atoms with Crippen LogP contribution in [0.15, 0.2) is 41.6 Å². The van der Waals surface area contributed by atoms with Crippen LogP contribution in [0.5, 0.6) is 0 Å². The van der Waals surface area contributed by atoms with E-state index in [0.29, 0.717) is 12.1 Å². The van der Waals surface area contributed by atoms with Crippen LogP contribution >= 0.6 is 0 Å². The molecule has 0 aliphatic carbocycles. The van der Waals surface area contributed by atoms with Gasteiger partial charge in [-0.2, -0.15) is 0 Å². The number of rotatable bonds is 2. The number of halogens is 1. The van der Waals surface area contributed by atoms with Crippen molar-refractivity contribution in [2.24, 2.45) is 5.73 Å². The summed E-state index contributed by atoms with van der Waals surface area (Å²) in [4.78, 5) is 15.5. The first-order valence-corrected chi connectivity index (χ1v) is 5.68. The van der Waals surface area contributed by atoms with Crippen LogP contribution in [0.1, 0.15) is 11.1 Å². The first-order valence-electron chi connectivity index (χ1n) is 5.68. The summed E-state index contributed by atoms with van der Waals surface area (Å²) < 4.78 is 14.6. The number of nitrogens with zero attached hydrogens (tertiary/aromatic N) is 2. The van der Waals surface area contributed by atoms with Crippen LogP contribution < -0.4 is 11.3 Å². The van der Waals surface area contributed by atoms with Crippen LogP contribution in [0.2, 0.25) is 0 Å². The molecule has 2 aromatic rings. The fourth-order valence-electron chi connectivity index (χ4n) is 1.63. The molecule has 96 valence electrons. The number of nitrogens with two attached hydrogens (primary N) is 1. The Morgan fingerprint density at radius 2 is 2.21 bits per heavy atom. The van der Waals surface area contributed by atoms with Crippen LogP contribution in [-0.4, -0.2) is 16.1 Å². The maximum atomic E-state index is 13.2. The van der Waals surface area contributed by atoms with Crippen molar-refractivity contribution < 1.29 is 4.39 Å². The molecule has 5 heteroatoms. The normalized spacial score (nSPS) is 9.79. The zero-order chi connectivity index (χ0) is 13.7. The van der Waals surface area contributed by atoms with Crippen molar-refractivity contribution in [3.63, 3.8) is 0 Å². The standard InChI is InChI=1S/C14H12FN3O/c15-13-4-3-12(11(8-13)2-1-6-16)9-18-10-17-7-5-14(18)19/h3-5,7-8,10H,6,9,16H2. The first kappa shape index (κ1) is 13.0. The molecule has 2 N–H and O–H groups in total. The average molecular weight is 257 g/mol. The second kappa shape index (κ2) is 5.94. The quantitative estimate of drug-likeness (QED) is 0.807. The molecule has 0 unspecified atom stereocenters. The molecule has 19 heavy (non-hydrogen) atoms. The van der Waals surface area contributed by atoms with Gasteiger partial charge in [-0.25, -0.2) is 9.37 Å². The van der Waals surface area contributed by atoms with Gasteiger partial charge in [0, 0.05) is 17.8 Å². The van der Waals surface area contributed by atoms with E-state index < -0.39 is 0 Å². The second-order valence-corrected chi connectivity index (χ2v) is 3.85. The van der Waals surface area contributed by atoms with Crippen molar-refractivity contribution in [1.29, 1.82) is 0 Å². The molecule has 2 rings (SSSR count). The Kier molecular flexibility index (Phi) is 4.06. The zero-order valence-corrected chi connectivity index (χ0v) is 10.1. The fraction of sp³-hybridized carbons (Fsp3) is 0.143. The maximum Gasteiger partial charge on any atom is 0.253 e. The monoisotopic (exact) mass is 257 g/mol. The summed E-state index contributed by atoms with van der Waals surface area (Å²) in [5.41, 5.74) is 6.42. The van der Waals surface area contributed by atoms with Gasteiger partial charge in [-0.3, -0.25) is 9.36 Å². The van der Waals surface area contributed by atoms with E-state index in [2.05, 4.69) is 16.8 Å². The minimum absolute atomic E-state index is 0.169. The Morgan fingerprint density at radius 3 is 2.95 bits per heavy atom. The lowest BCUT2D eigenvalue weighted by atomic mass is 10.1. The van der Waals surface area contributed by atoms with Crippen LogP contribution in [0, 0.1) is 17.7 Å². The highest BCUT2D eigenvalue weighted by Gasteiger charge is 2.04. The van der Waals surface area contributed by atoms with Gasteiger partial charge in [-0.1, -0.05) is 17.9 Å². The van der Waals surface area contributed by atoms with Gasteiger partial charge in [0.1, 0.15) is 5.82 Å². The molecule has 0 saturated carbocycles. The summed E-state index contributed by atoms with van der Waals surface area (Å²) in [6, 6.07) is 5.65. The molecular weight excluding hydrogens is 245 g/mol. The van der Waals surface area contributed by atoms with Gasteiger partial charge < -0.3 is 5.73 Å². The highest BCUT2D eigenvalue weighted by molar-refractivity contribution is 5.42. The van der Waals surface area contributed by atoms with Gasteiger partial charge in [0.15, 0.2) is 0 Å². The van der Waals surface area contributed by atoms with Gasteiger partial charge in [0.2, 0.25) is 0 Å². The lowest BCUT2D eigenvalue weighted by molar-refractivity contribution is 0.625. The third-order valence-electron chi connectivity index (χ3n) is 2.53. The van der Waals surface area contributed by atoms with E-state index in [4.69, 9.17) is 5.73 Å². The Balaban J connectivity index is 2.40. The van der Waals surface area contributed by atoms with E-state index in [9.17, 15) is 9.18 Å². The summed E-state index contributed by atoms with van der Waals surface area (Å²) in [7, 11) is 0. The van der Waals surface area contributed by atoms with E-state index >= 15 is 0 Å².